The Labute approximate surface area is 152 Å². The summed E-state index contributed by atoms with van der Waals surface area (Å²) in [6.07, 6.45) is -0.0155. The van der Waals surface area contributed by atoms with Crippen LogP contribution in [0, 0.1) is 23.4 Å². The Morgan fingerprint density at radius 1 is 1.15 bits per heavy atom. The van der Waals surface area contributed by atoms with Crippen molar-refractivity contribution in [3.05, 3.63) is 64.4 Å². The van der Waals surface area contributed by atoms with E-state index in [-0.39, 0.29) is 36.0 Å². The van der Waals surface area contributed by atoms with Crippen LogP contribution in [0.1, 0.15) is 12.0 Å². The normalized spacial score (nSPS) is 16.8. The number of benzene rings is 2. The summed E-state index contributed by atoms with van der Waals surface area (Å²) < 4.78 is 39.6. The van der Waals surface area contributed by atoms with Crippen molar-refractivity contribution in [3.63, 3.8) is 0 Å². The molecule has 1 aliphatic heterocycles. The molecule has 0 radical (unpaired) electrons. The van der Waals surface area contributed by atoms with Gasteiger partial charge in [0.2, 0.25) is 11.8 Å². The molecule has 0 spiro atoms. The molecule has 2 amide bonds. The van der Waals surface area contributed by atoms with Crippen molar-refractivity contribution in [1.29, 1.82) is 0 Å². The summed E-state index contributed by atoms with van der Waals surface area (Å²) >= 11 is 5.73. The Balaban J connectivity index is 1.64. The largest absolute Gasteiger partial charge is 0.352 e. The second-order valence-electron chi connectivity index (χ2n) is 6.00. The predicted octanol–water partition coefficient (Wildman–Crippen LogP) is 3.43. The molecular weight excluding hydrogens is 369 g/mol. The predicted molar refractivity (Wildman–Crippen MR) is 90.1 cm³/mol. The van der Waals surface area contributed by atoms with Gasteiger partial charge in [-0.15, -0.1) is 0 Å². The van der Waals surface area contributed by atoms with Gasteiger partial charge < -0.3 is 10.2 Å². The molecule has 0 aromatic heterocycles. The Hall–Kier alpha value is -2.54. The Bertz CT molecular complexity index is 855. The molecule has 2 aromatic carbocycles. The molecule has 3 rings (SSSR count). The molecule has 136 valence electrons. The van der Waals surface area contributed by atoms with E-state index in [9.17, 15) is 22.8 Å². The molecule has 0 aliphatic carbocycles. The number of amides is 2. The van der Waals surface area contributed by atoms with Gasteiger partial charge in [0, 0.05) is 31.3 Å². The molecule has 1 heterocycles. The molecule has 8 heteroatoms. The number of nitrogens with one attached hydrogen (secondary N) is 1. The lowest BCUT2D eigenvalue weighted by molar-refractivity contribution is -0.126. The van der Waals surface area contributed by atoms with E-state index in [0.29, 0.717) is 5.69 Å². The fraction of sp³-hybridized carbons (Fsp3) is 0.222. The zero-order valence-electron chi connectivity index (χ0n) is 13.4. The van der Waals surface area contributed by atoms with Crippen LogP contribution in [-0.2, 0) is 16.1 Å². The van der Waals surface area contributed by atoms with Crippen molar-refractivity contribution < 1.29 is 22.8 Å². The standard InChI is InChI=1S/C18H14ClF3N2O2/c19-15-7-14(1-2-16(15)22)24-9-11(5-17(24)25)18(26)23-8-10-3-12(20)6-13(21)4-10/h1-4,6-7,11H,5,8-9H2,(H,23,26). The highest BCUT2D eigenvalue weighted by molar-refractivity contribution is 6.31. The number of carbonyl (C=O) groups is 2. The summed E-state index contributed by atoms with van der Waals surface area (Å²) in [6.45, 7) is 0.0602. The summed E-state index contributed by atoms with van der Waals surface area (Å²) in [7, 11) is 0. The van der Waals surface area contributed by atoms with Crippen LogP contribution in [0.4, 0.5) is 18.9 Å². The minimum atomic E-state index is -0.732. The lowest BCUT2D eigenvalue weighted by Crippen LogP contribution is -2.32. The van der Waals surface area contributed by atoms with Crippen LogP contribution in [-0.4, -0.2) is 18.4 Å². The summed E-state index contributed by atoms with van der Waals surface area (Å²) in [6, 6.07) is 6.87. The fourth-order valence-corrected chi connectivity index (χ4v) is 3.01. The molecule has 0 saturated carbocycles. The van der Waals surface area contributed by atoms with Gasteiger partial charge in [-0.2, -0.15) is 0 Å². The second-order valence-corrected chi connectivity index (χ2v) is 6.41. The molecule has 1 fully saturated rings. The van der Waals surface area contributed by atoms with Gasteiger partial charge in [0.05, 0.1) is 10.9 Å². The lowest BCUT2D eigenvalue weighted by atomic mass is 10.1. The summed E-state index contributed by atoms with van der Waals surface area (Å²) in [5.41, 5.74) is 0.686. The summed E-state index contributed by atoms with van der Waals surface area (Å²) in [5.74, 6) is -3.37. The van der Waals surface area contributed by atoms with Gasteiger partial charge in [-0.05, 0) is 35.9 Å². The number of carbonyl (C=O) groups excluding carboxylic acids is 2. The maximum Gasteiger partial charge on any atom is 0.227 e. The first-order chi connectivity index (χ1) is 12.3. The monoisotopic (exact) mass is 382 g/mol. The first kappa shape index (κ1) is 18.3. The fourth-order valence-electron chi connectivity index (χ4n) is 2.83. The zero-order valence-corrected chi connectivity index (χ0v) is 14.2. The molecule has 1 N–H and O–H groups in total. The average molecular weight is 383 g/mol. The van der Waals surface area contributed by atoms with Crippen LogP contribution < -0.4 is 10.2 Å². The highest BCUT2D eigenvalue weighted by atomic mass is 35.5. The SMILES string of the molecule is O=C(NCc1cc(F)cc(F)c1)C1CC(=O)N(c2ccc(F)c(Cl)c2)C1. The first-order valence-electron chi connectivity index (χ1n) is 7.81. The van der Waals surface area contributed by atoms with Gasteiger partial charge >= 0.3 is 0 Å². The van der Waals surface area contributed by atoms with E-state index >= 15 is 0 Å². The molecule has 0 bridgehead atoms. The van der Waals surface area contributed by atoms with Crippen LogP contribution in [0.3, 0.4) is 0 Å². The maximum absolute atomic E-state index is 13.3. The number of hydrogen-bond donors (Lipinski definition) is 1. The van der Waals surface area contributed by atoms with Gasteiger partial charge in [-0.25, -0.2) is 13.2 Å². The molecule has 1 unspecified atom stereocenters. The molecule has 1 atom stereocenters. The van der Waals surface area contributed by atoms with Gasteiger partial charge in [-0.1, -0.05) is 11.6 Å². The van der Waals surface area contributed by atoms with Gasteiger partial charge in [0.1, 0.15) is 17.5 Å². The number of anilines is 1. The number of nitrogens with zero attached hydrogens (tertiary/aromatic N) is 1. The molecule has 1 aliphatic rings. The minimum Gasteiger partial charge on any atom is -0.352 e. The van der Waals surface area contributed by atoms with Crippen LogP contribution in [0.25, 0.3) is 0 Å². The number of rotatable bonds is 4. The average Bonchev–Trinajstić information content (AvgIpc) is 2.96. The van der Waals surface area contributed by atoms with Crippen molar-refractivity contribution in [2.75, 3.05) is 11.4 Å². The molecule has 1 saturated heterocycles. The molecule has 2 aromatic rings. The molecular formula is C18H14ClF3N2O2. The van der Waals surface area contributed by atoms with Crippen molar-refractivity contribution >= 4 is 29.1 Å². The van der Waals surface area contributed by atoms with Gasteiger partial charge in [-0.3, -0.25) is 9.59 Å². The third-order valence-electron chi connectivity index (χ3n) is 4.10. The zero-order chi connectivity index (χ0) is 18.8. The van der Waals surface area contributed by atoms with Crippen molar-refractivity contribution in [1.82, 2.24) is 5.32 Å². The Morgan fingerprint density at radius 3 is 2.50 bits per heavy atom. The smallest absolute Gasteiger partial charge is 0.227 e. The van der Waals surface area contributed by atoms with E-state index < -0.39 is 29.3 Å². The van der Waals surface area contributed by atoms with Crippen LogP contribution >= 0.6 is 11.6 Å². The van der Waals surface area contributed by atoms with Crippen molar-refractivity contribution in [2.45, 2.75) is 13.0 Å². The third-order valence-corrected chi connectivity index (χ3v) is 4.39. The van der Waals surface area contributed by atoms with E-state index in [0.717, 1.165) is 24.3 Å². The molecule has 4 nitrogen and oxygen atoms in total. The van der Waals surface area contributed by atoms with Crippen LogP contribution in [0.15, 0.2) is 36.4 Å². The highest BCUT2D eigenvalue weighted by Gasteiger charge is 2.35. The van der Waals surface area contributed by atoms with E-state index in [1.54, 1.807) is 0 Å². The molecule has 26 heavy (non-hydrogen) atoms. The van der Waals surface area contributed by atoms with E-state index in [1.807, 2.05) is 0 Å². The lowest BCUT2D eigenvalue weighted by Gasteiger charge is -2.17. The van der Waals surface area contributed by atoms with Crippen molar-refractivity contribution in [2.24, 2.45) is 5.92 Å². The van der Waals surface area contributed by atoms with Crippen molar-refractivity contribution in [3.8, 4) is 0 Å². The summed E-state index contributed by atoms with van der Waals surface area (Å²) in [4.78, 5) is 25.8. The maximum atomic E-state index is 13.3. The first-order valence-corrected chi connectivity index (χ1v) is 8.19. The van der Waals surface area contributed by atoms with Crippen LogP contribution in [0.2, 0.25) is 5.02 Å². The Morgan fingerprint density at radius 2 is 1.85 bits per heavy atom. The van der Waals surface area contributed by atoms with E-state index in [4.69, 9.17) is 11.6 Å². The van der Waals surface area contributed by atoms with Gasteiger partial charge in [0.15, 0.2) is 0 Å². The topological polar surface area (TPSA) is 49.4 Å². The third kappa shape index (κ3) is 3.99. The van der Waals surface area contributed by atoms with Crippen LogP contribution in [0.5, 0.6) is 0 Å². The second kappa shape index (κ2) is 7.37. The summed E-state index contributed by atoms with van der Waals surface area (Å²) in [5, 5.41) is 2.46. The minimum absolute atomic E-state index is 0.0155. The number of hydrogen-bond acceptors (Lipinski definition) is 2. The van der Waals surface area contributed by atoms with E-state index in [2.05, 4.69) is 5.32 Å². The highest BCUT2D eigenvalue weighted by Crippen LogP contribution is 2.28. The quantitative estimate of drug-likeness (QED) is 0.880. The Kier molecular flexibility index (Phi) is 5.18. The van der Waals surface area contributed by atoms with E-state index in [1.165, 1.54) is 17.0 Å². The van der Waals surface area contributed by atoms with Gasteiger partial charge in [0.25, 0.3) is 0 Å². The number of halogens is 4.